The number of carbonyl (C=O) groups excluding carboxylic acids is 1. The van der Waals surface area contributed by atoms with Crippen molar-refractivity contribution in [1.82, 2.24) is 5.32 Å². The second-order valence-corrected chi connectivity index (χ2v) is 11.2. The Hall–Kier alpha value is -3.75. The molecule has 198 valence electrons. The molecule has 1 aromatic heterocycles. The number of carbonyl (C=O) groups is 2. The van der Waals surface area contributed by atoms with E-state index in [9.17, 15) is 9.59 Å². The van der Waals surface area contributed by atoms with Gasteiger partial charge in [0.15, 0.2) is 0 Å². The van der Waals surface area contributed by atoms with Crippen LogP contribution in [0.4, 0.5) is 5.00 Å². The van der Waals surface area contributed by atoms with Gasteiger partial charge in [0.25, 0.3) is 5.91 Å². The molecule has 0 fully saturated rings. The highest BCUT2D eigenvalue weighted by Crippen LogP contribution is 2.40. The van der Waals surface area contributed by atoms with Crippen molar-refractivity contribution in [3.8, 4) is 5.75 Å². The topological polar surface area (TPSA) is 88.0 Å². The fourth-order valence-corrected chi connectivity index (χ4v) is 6.24. The van der Waals surface area contributed by atoms with Crippen molar-refractivity contribution < 1.29 is 19.4 Å². The molecule has 1 amide bonds. The summed E-state index contributed by atoms with van der Waals surface area (Å²) in [6.45, 7) is 0.791. The van der Waals surface area contributed by atoms with Gasteiger partial charge in [-0.15, -0.1) is 11.3 Å². The number of thiophene rings is 1. The lowest BCUT2D eigenvalue weighted by Crippen LogP contribution is -2.24. The number of carboxylic acid groups (broad SMARTS) is 1. The predicted molar refractivity (Wildman–Crippen MR) is 158 cm³/mol. The zero-order valence-electron chi connectivity index (χ0n) is 21.2. The number of nitrogens with zero attached hydrogens (tertiary/aromatic N) is 1. The molecule has 1 aliphatic rings. The maximum absolute atomic E-state index is 13.3. The highest BCUT2D eigenvalue weighted by Gasteiger charge is 2.25. The fourth-order valence-electron chi connectivity index (χ4n) is 4.50. The van der Waals surface area contributed by atoms with Crippen molar-refractivity contribution in [2.45, 2.75) is 38.8 Å². The summed E-state index contributed by atoms with van der Waals surface area (Å²) in [7, 11) is 0. The van der Waals surface area contributed by atoms with E-state index in [1.807, 2.05) is 48.5 Å². The number of aromatic carboxylic acids is 1. The highest BCUT2D eigenvalue weighted by atomic mass is 79.9. The summed E-state index contributed by atoms with van der Waals surface area (Å²) >= 11 is 5.19. The van der Waals surface area contributed by atoms with Gasteiger partial charge in [0.05, 0.1) is 15.6 Å². The molecule has 0 aliphatic heterocycles. The van der Waals surface area contributed by atoms with Crippen molar-refractivity contribution in [1.29, 1.82) is 0 Å². The van der Waals surface area contributed by atoms with Crippen LogP contribution in [-0.2, 0) is 26.0 Å². The first-order valence-corrected chi connectivity index (χ1v) is 14.3. The molecule has 0 radical (unpaired) electrons. The molecule has 0 saturated carbocycles. The van der Waals surface area contributed by atoms with Crippen molar-refractivity contribution in [3.63, 3.8) is 0 Å². The van der Waals surface area contributed by atoms with Crippen LogP contribution >= 0.6 is 27.3 Å². The molecule has 0 bridgehead atoms. The van der Waals surface area contributed by atoms with Crippen LogP contribution < -0.4 is 10.1 Å². The van der Waals surface area contributed by atoms with Crippen molar-refractivity contribution in [2.75, 3.05) is 0 Å². The lowest BCUT2D eigenvalue weighted by molar-refractivity contribution is 0.0696. The maximum atomic E-state index is 13.3. The number of ether oxygens (including phenoxy) is 1. The Morgan fingerprint density at radius 3 is 2.51 bits per heavy atom. The number of aryl methyl sites for hydroxylation is 1. The van der Waals surface area contributed by atoms with E-state index in [2.05, 4.69) is 21.2 Å². The third-order valence-electron chi connectivity index (χ3n) is 6.56. The van der Waals surface area contributed by atoms with E-state index >= 15 is 0 Å². The minimum absolute atomic E-state index is 0.0771. The molecule has 2 N–H and O–H groups in total. The Bertz CT molecular complexity index is 1510. The van der Waals surface area contributed by atoms with Gasteiger partial charge in [-0.3, -0.25) is 4.79 Å². The van der Waals surface area contributed by atoms with E-state index in [-0.39, 0.29) is 11.5 Å². The zero-order chi connectivity index (χ0) is 27.2. The van der Waals surface area contributed by atoms with Gasteiger partial charge < -0.3 is 15.2 Å². The molecule has 1 aliphatic carbocycles. The number of rotatable bonds is 9. The average Bonchev–Trinajstić information content (AvgIpc) is 3.33. The first-order chi connectivity index (χ1) is 19.0. The third kappa shape index (κ3) is 6.64. The Balaban J connectivity index is 1.29. The summed E-state index contributed by atoms with van der Waals surface area (Å²) in [5, 5.41) is 12.9. The number of nitrogens with one attached hydrogen (secondary N) is 1. The van der Waals surface area contributed by atoms with E-state index < -0.39 is 5.97 Å². The van der Waals surface area contributed by atoms with E-state index in [1.165, 1.54) is 4.88 Å². The molecule has 6 nitrogen and oxygen atoms in total. The summed E-state index contributed by atoms with van der Waals surface area (Å²) < 4.78 is 6.70. The number of carboxylic acids is 1. The largest absolute Gasteiger partial charge is 0.488 e. The van der Waals surface area contributed by atoms with E-state index in [1.54, 1.807) is 41.8 Å². The minimum Gasteiger partial charge on any atom is -0.488 e. The fraction of sp³-hybridized carbons (Fsp3) is 0.194. The minimum atomic E-state index is -0.954. The van der Waals surface area contributed by atoms with Crippen LogP contribution in [-0.4, -0.2) is 23.2 Å². The van der Waals surface area contributed by atoms with Gasteiger partial charge >= 0.3 is 5.97 Å². The lowest BCUT2D eigenvalue weighted by atomic mass is 9.95. The van der Waals surface area contributed by atoms with Gasteiger partial charge in [0, 0.05) is 17.6 Å². The summed E-state index contributed by atoms with van der Waals surface area (Å²) in [5.74, 6) is -0.362. The average molecular weight is 604 g/mol. The molecule has 0 atom stereocenters. The number of aliphatic imine (C=N–C) groups is 1. The molecule has 4 aromatic rings. The molecule has 0 unspecified atom stereocenters. The van der Waals surface area contributed by atoms with E-state index in [0.29, 0.717) is 24.5 Å². The summed E-state index contributed by atoms with van der Waals surface area (Å²) in [4.78, 5) is 30.4. The van der Waals surface area contributed by atoms with E-state index in [0.717, 1.165) is 57.4 Å². The number of hydrogen-bond donors (Lipinski definition) is 2. The summed E-state index contributed by atoms with van der Waals surface area (Å²) in [6, 6.07) is 22.2. The standard InChI is InChI=1S/C31H27BrN2O4S/c32-25-16-22(12-15-26(25)38-19-21-10-13-23(14-11-21)31(36)37)18-34-30-28(24-8-4-5-9-27(24)39-30)29(35)33-17-20-6-2-1-3-7-20/h1-3,6-7,10-16,18H,4-5,8-9,17,19H2,(H,33,35)(H,36,37). The number of fused-ring (bicyclic) bond motifs is 1. The van der Waals surface area contributed by atoms with Crippen molar-refractivity contribution in [2.24, 2.45) is 4.99 Å². The maximum Gasteiger partial charge on any atom is 0.335 e. The molecule has 0 spiro atoms. The lowest BCUT2D eigenvalue weighted by Gasteiger charge is -2.13. The molecule has 8 heteroatoms. The van der Waals surface area contributed by atoms with Crippen LogP contribution in [0, 0.1) is 0 Å². The number of halogens is 1. The summed E-state index contributed by atoms with van der Waals surface area (Å²) in [5.41, 5.74) is 4.90. The van der Waals surface area contributed by atoms with Gasteiger partial charge in [0.1, 0.15) is 17.4 Å². The molecule has 0 saturated heterocycles. The van der Waals surface area contributed by atoms with Crippen LogP contribution in [0.5, 0.6) is 5.75 Å². The zero-order valence-corrected chi connectivity index (χ0v) is 23.6. The number of hydrogen-bond acceptors (Lipinski definition) is 5. The van der Waals surface area contributed by atoms with Crippen LogP contribution in [0.25, 0.3) is 0 Å². The molecule has 1 heterocycles. The van der Waals surface area contributed by atoms with Gasteiger partial charge in [-0.2, -0.15) is 0 Å². The van der Waals surface area contributed by atoms with Crippen LogP contribution in [0.1, 0.15) is 60.7 Å². The van der Waals surface area contributed by atoms with Crippen molar-refractivity contribution >= 4 is 50.4 Å². The first kappa shape index (κ1) is 26.8. The van der Waals surface area contributed by atoms with Crippen molar-refractivity contribution in [3.05, 3.63) is 116 Å². The van der Waals surface area contributed by atoms with Gasteiger partial charge in [-0.1, -0.05) is 42.5 Å². The van der Waals surface area contributed by atoms with Gasteiger partial charge in [-0.25, -0.2) is 9.79 Å². The quantitative estimate of drug-likeness (QED) is 0.196. The highest BCUT2D eigenvalue weighted by molar-refractivity contribution is 9.10. The first-order valence-electron chi connectivity index (χ1n) is 12.7. The molecule has 3 aromatic carbocycles. The Morgan fingerprint density at radius 2 is 1.77 bits per heavy atom. The van der Waals surface area contributed by atoms with Gasteiger partial charge in [0.2, 0.25) is 0 Å². The van der Waals surface area contributed by atoms with Crippen LogP contribution in [0.2, 0.25) is 0 Å². The third-order valence-corrected chi connectivity index (χ3v) is 8.38. The Labute approximate surface area is 239 Å². The SMILES string of the molecule is O=C(O)c1ccc(COc2ccc(C=Nc3sc4c(c3C(=O)NCc3ccccc3)CCCC4)cc2Br)cc1. The summed E-state index contributed by atoms with van der Waals surface area (Å²) in [6.07, 6.45) is 5.91. The smallest absolute Gasteiger partial charge is 0.335 e. The van der Waals surface area contributed by atoms with Crippen LogP contribution in [0.3, 0.4) is 0 Å². The second-order valence-electron chi connectivity index (χ2n) is 9.30. The molecule has 5 rings (SSSR count). The number of benzene rings is 3. The van der Waals surface area contributed by atoms with Gasteiger partial charge in [-0.05, 0) is 94.2 Å². The molecule has 39 heavy (non-hydrogen) atoms. The second kappa shape index (κ2) is 12.4. The number of amides is 1. The Morgan fingerprint density at radius 1 is 1.00 bits per heavy atom. The normalized spacial score (nSPS) is 12.7. The Kier molecular flexibility index (Phi) is 8.54. The molecular formula is C31H27BrN2O4S. The van der Waals surface area contributed by atoms with Crippen LogP contribution in [0.15, 0.2) is 82.3 Å². The predicted octanol–water partition coefficient (Wildman–Crippen LogP) is 7.35. The van der Waals surface area contributed by atoms with E-state index in [4.69, 9.17) is 14.8 Å². The monoisotopic (exact) mass is 602 g/mol. The molecular weight excluding hydrogens is 576 g/mol.